The zero-order valence-corrected chi connectivity index (χ0v) is 20.0. The maximum absolute atomic E-state index is 13.6. The Kier molecular flexibility index (Phi) is 7.55. The molecule has 1 N–H and O–H groups in total. The van der Waals surface area contributed by atoms with Crippen molar-refractivity contribution in [3.05, 3.63) is 93.7 Å². The summed E-state index contributed by atoms with van der Waals surface area (Å²) in [5.74, 6) is 0.0507. The molecular formula is C26H29BrN4O. The van der Waals surface area contributed by atoms with Crippen LogP contribution in [-0.2, 0) is 13.1 Å². The van der Waals surface area contributed by atoms with E-state index >= 15 is 0 Å². The van der Waals surface area contributed by atoms with Gasteiger partial charge in [-0.1, -0.05) is 46.3 Å². The molecule has 6 heteroatoms. The largest absolute Gasteiger partial charge is 0.385 e. The van der Waals surface area contributed by atoms with Gasteiger partial charge in [0, 0.05) is 67.4 Å². The predicted molar refractivity (Wildman–Crippen MR) is 133 cm³/mol. The van der Waals surface area contributed by atoms with E-state index < -0.39 is 0 Å². The number of halogens is 1. The summed E-state index contributed by atoms with van der Waals surface area (Å²) in [5, 5.41) is 3.59. The van der Waals surface area contributed by atoms with Crippen LogP contribution >= 0.6 is 15.9 Å². The van der Waals surface area contributed by atoms with Crippen molar-refractivity contribution in [1.82, 2.24) is 14.8 Å². The van der Waals surface area contributed by atoms with Crippen LogP contribution in [0.15, 0.2) is 71.5 Å². The molecule has 1 aliphatic heterocycles. The van der Waals surface area contributed by atoms with E-state index in [1.807, 2.05) is 30.0 Å². The molecule has 166 valence electrons. The lowest BCUT2D eigenvalue weighted by molar-refractivity contribution is 0.0719. The number of amides is 1. The average Bonchev–Trinajstić information content (AvgIpc) is 2.84. The summed E-state index contributed by atoms with van der Waals surface area (Å²) in [4.78, 5) is 22.2. The Balaban J connectivity index is 1.61. The van der Waals surface area contributed by atoms with Crippen molar-refractivity contribution in [3.63, 3.8) is 0 Å². The van der Waals surface area contributed by atoms with Crippen molar-refractivity contribution >= 4 is 27.5 Å². The number of hydrogen-bond acceptors (Lipinski definition) is 4. The number of carbonyl (C=O) groups is 1. The fourth-order valence-corrected chi connectivity index (χ4v) is 4.52. The van der Waals surface area contributed by atoms with Crippen LogP contribution in [0, 0.1) is 6.92 Å². The van der Waals surface area contributed by atoms with Gasteiger partial charge in [0.1, 0.15) is 0 Å². The molecule has 0 bridgehead atoms. The zero-order chi connectivity index (χ0) is 22.3. The Morgan fingerprint density at radius 1 is 1.09 bits per heavy atom. The van der Waals surface area contributed by atoms with Gasteiger partial charge in [-0.15, -0.1) is 0 Å². The van der Waals surface area contributed by atoms with Gasteiger partial charge in [0.15, 0.2) is 0 Å². The van der Waals surface area contributed by atoms with Gasteiger partial charge >= 0.3 is 0 Å². The summed E-state index contributed by atoms with van der Waals surface area (Å²) in [6.07, 6.45) is 4.49. The van der Waals surface area contributed by atoms with Gasteiger partial charge in [-0.05, 0) is 54.3 Å². The second kappa shape index (κ2) is 10.7. The first-order valence-electron chi connectivity index (χ1n) is 11.1. The fraction of sp³-hybridized carbons (Fsp3) is 0.308. The molecule has 0 atom stereocenters. The quantitative estimate of drug-likeness (QED) is 0.551. The standard InChI is InChI=1S/C26H29BrN4O/c1-20-17-28-12-10-24(20)26(32)31-15-14-30(18-21-6-3-2-4-7-21)13-5-11-29-25-9-8-23(27)16-22(25)19-31/h2-4,6-10,12,16-17,29H,5,11,13-15,18-19H2,1H3. The monoisotopic (exact) mass is 492 g/mol. The first-order valence-corrected chi connectivity index (χ1v) is 11.9. The number of aryl methyl sites for hydroxylation is 1. The van der Waals surface area contributed by atoms with Crippen molar-refractivity contribution in [2.75, 3.05) is 31.5 Å². The van der Waals surface area contributed by atoms with Gasteiger partial charge in [0.05, 0.1) is 0 Å². The molecule has 5 nitrogen and oxygen atoms in total. The van der Waals surface area contributed by atoms with Crippen molar-refractivity contribution in [2.24, 2.45) is 0 Å². The van der Waals surface area contributed by atoms with Gasteiger partial charge in [-0.2, -0.15) is 0 Å². The molecule has 32 heavy (non-hydrogen) atoms. The summed E-state index contributed by atoms with van der Waals surface area (Å²) < 4.78 is 1.02. The lowest BCUT2D eigenvalue weighted by Gasteiger charge is -2.28. The molecule has 1 amide bonds. The molecule has 4 rings (SSSR count). The zero-order valence-electron chi connectivity index (χ0n) is 18.4. The van der Waals surface area contributed by atoms with Gasteiger partial charge in [-0.3, -0.25) is 14.7 Å². The number of pyridine rings is 1. The van der Waals surface area contributed by atoms with E-state index in [1.165, 1.54) is 5.56 Å². The van der Waals surface area contributed by atoms with Crippen LogP contribution in [0.4, 0.5) is 5.69 Å². The second-order valence-electron chi connectivity index (χ2n) is 8.26. The van der Waals surface area contributed by atoms with Crippen LogP contribution in [0.25, 0.3) is 0 Å². The number of fused-ring (bicyclic) bond motifs is 1. The number of nitrogens with one attached hydrogen (secondary N) is 1. The minimum Gasteiger partial charge on any atom is -0.385 e. The summed E-state index contributed by atoms with van der Waals surface area (Å²) in [6.45, 7) is 6.76. The number of rotatable bonds is 3. The topological polar surface area (TPSA) is 48.5 Å². The molecule has 3 aromatic rings. The Morgan fingerprint density at radius 2 is 1.94 bits per heavy atom. The second-order valence-corrected chi connectivity index (χ2v) is 9.18. The van der Waals surface area contributed by atoms with Gasteiger partial charge in [0.2, 0.25) is 0 Å². The molecule has 0 unspecified atom stereocenters. The van der Waals surface area contributed by atoms with Crippen LogP contribution in [0.5, 0.6) is 0 Å². The van der Waals surface area contributed by atoms with Crippen LogP contribution in [-0.4, -0.2) is 46.9 Å². The summed E-state index contributed by atoms with van der Waals surface area (Å²) in [5.41, 5.74) is 5.13. The molecule has 1 aliphatic rings. The number of benzene rings is 2. The number of aromatic nitrogens is 1. The molecular weight excluding hydrogens is 464 g/mol. The van der Waals surface area contributed by atoms with E-state index in [2.05, 4.69) is 67.5 Å². The molecule has 0 saturated heterocycles. The number of hydrogen-bond donors (Lipinski definition) is 1. The maximum Gasteiger partial charge on any atom is 0.254 e. The molecule has 2 heterocycles. The summed E-state index contributed by atoms with van der Waals surface area (Å²) >= 11 is 3.60. The van der Waals surface area contributed by atoms with Gasteiger partial charge in [-0.25, -0.2) is 0 Å². The number of anilines is 1. The van der Waals surface area contributed by atoms with E-state index in [0.717, 1.165) is 53.9 Å². The van der Waals surface area contributed by atoms with Crippen LogP contribution in [0.3, 0.4) is 0 Å². The van der Waals surface area contributed by atoms with Crippen molar-refractivity contribution in [1.29, 1.82) is 0 Å². The molecule has 1 aromatic heterocycles. The molecule has 0 fully saturated rings. The molecule has 2 aromatic carbocycles. The van der Waals surface area contributed by atoms with E-state index in [0.29, 0.717) is 18.7 Å². The van der Waals surface area contributed by atoms with Crippen LogP contribution in [0.2, 0.25) is 0 Å². The van der Waals surface area contributed by atoms with Crippen molar-refractivity contribution < 1.29 is 4.79 Å². The first-order chi connectivity index (χ1) is 15.6. The van der Waals surface area contributed by atoms with Crippen LogP contribution < -0.4 is 5.32 Å². The third-order valence-electron chi connectivity index (χ3n) is 5.87. The Labute approximate surface area is 198 Å². The lowest BCUT2D eigenvalue weighted by Crippen LogP contribution is -2.38. The molecule has 0 radical (unpaired) electrons. The maximum atomic E-state index is 13.6. The predicted octanol–water partition coefficient (Wildman–Crippen LogP) is 5.11. The van der Waals surface area contributed by atoms with E-state index in [-0.39, 0.29) is 5.91 Å². The van der Waals surface area contributed by atoms with Crippen LogP contribution in [0.1, 0.15) is 33.5 Å². The smallest absolute Gasteiger partial charge is 0.254 e. The minimum atomic E-state index is 0.0507. The normalized spacial score (nSPS) is 15.4. The van der Waals surface area contributed by atoms with Crippen molar-refractivity contribution in [3.8, 4) is 0 Å². The Bertz CT molecular complexity index is 1060. The molecule has 0 aliphatic carbocycles. The van der Waals surface area contributed by atoms with Crippen molar-refractivity contribution in [2.45, 2.75) is 26.4 Å². The lowest BCUT2D eigenvalue weighted by atomic mass is 10.1. The first kappa shape index (κ1) is 22.5. The highest BCUT2D eigenvalue weighted by molar-refractivity contribution is 9.10. The summed E-state index contributed by atoms with van der Waals surface area (Å²) in [6, 6.07) is 18.6. The highest BCUT2D eigenvalue weighted by atomic mass is 79.9. The number of carbonyl (C=O) groups excluding carboxylic acids is 1. The SMILES string of the molecule is Cc1cnccc1C(=O)N1CCN(Cc2ccccc2)CCCNc2ccc(Br)cc2C1. The summed E-state index contributed by atoms with van der Waals surface area (Å²) in [7, 11) is 0. The minimum absolute atomic E-state index is 0.0507. The average molecular weight is 493 g/mol. The Hall–Kier alpha value is -2.70. The van der Waals surface area contributed by atoms with Gasteiger partial charge in [0.25, 0.3) is 5.91 Å². The highest BCUT2D eigenvalue weighted by Crippen LogP contribution is 2.24. The molecule has 0 spiro atoms. The van der Waals surface area contributed by atoms with E-state index in [9.17, 15) is 4.79 Å². The number of nitrogens with zero attached hydrogens (tertiary/aromatic N) is 3. The molecule has 0 saturated carbocycles. The van der Waals surface area contributed by atoms with E-state index in [4.69, 9.17) is 0 Å². The Morgan fingerprint density at radius 3 is 2.75 bits per heavy atom. The van der Waals surface area contributed by atoms with E-state index in [1.54, 1.807) is 12.4 Å². The van der Waals surface area contributed by atoms with Gasteiger partial charge < -0.3 is 10.2 Å². The fourth-order valence-electron chi connectivity index (χ4n) is 4.11. The third-order valence-corrected chi connectivity index (χ3v) is 6.36. The third kappa shape index (κ3) is 5.75. The highest BCUT2D eigenvalue weighted by Gasteiger charge is 2.21.